The number of amides is 1. The van der Waals surface area contributed by atoms with E-state index in [1.165, 1.54) is 0 Å². The van der Waals surface area contributed by atoms with Gasteiger partial charge in [-0.3, -0.25) is 4.79 Å². The van der Waals surface area contributed by atoms with Gasteiger partial charge in [0.2, 0.25) is 0 Å². The molecule has 0 saturated carbocycles. The molecule has 0 aromatic heterocycles. The molecule has 0 saturated heterocycles. The van der Waals surface area contributed by atoms with Gasteiger partial charge in [0.1, 0.15) is 11.5 Å². The van der Waals surface area contributed by atoms with E-state index in [4.69, 9.17) is 9.47 Å². The average molecular weight is 342 g/mol. The number of carbonyl (C=O) groups is 1. The number of benzene rings is 2. The molecule has 0 heterocycles. The molecule has 5 nitrogen and oxygen atoms in total. The van der Waals surface area contributed by atoms with Crippen LogP contribution in [0.5, 0.6) is 11.5 Å². The molecule has 0 spiro atoms. The molecule has 2 rings (SSSR count). The Morgan fingerprint density at radius 1 is 0.960 bits per heavy atom. The topological polar surface area (TPSA) is 42.0 Å². The number of ether oxygens (including phenoxy) is 2. The highest BCUT2D eigenvalue weighted by molar-refractivity contribution is 6.00. The predicted molar refractivity (Wildman–Crippen MR) is 101 cm³/mol. The Balaban J connectivity index is 2.47. The number of anilines is 2. The number of nitrogens with zero attached hydrogens (tertiary/aromatic N) is 2. The van der Waals surface area contributed by atoms with E-state index in [0.717, 1.165) is 11.4 Å². The van der Waals surface area contributed by atoms with Gasteiger partial charge in [0.05, 0.1) is 25.5 Å². The van der Waals surface area contributed by atoms with E-state index < -0.39 is 0 Å². The van der Waals surface area contributed by atoms with Gasteiger partial charge in [0.25, 0.3) is 5.91 Å². The Hall–Kier alpha value is -2.69. The van der Waals surface area contributed by atoms with Crippen LogP contribution in [-0.4, -0.2) is 45.2 Å². The third kappa shape index (κ3) is 4.05. The summed E-state index contributed by atoms with van der Waals surface area (Å²) in [6, 6.07) is 13.3. The van der Waals surface area contributed by atoms with E-state index in [9.17, 15) is 4.79 Å². The summed E-state index contributed by atoms with van der Waals surface area (Å²) in [6.07, 6.45) is 0. The summed E-state index contributed by atoms with van der Waals surface area (Å²) in [6.45, 7) is 5.34. The lowest BCUT2D eigenvalue weighted by Crippen LogP contribution is -2.31. The fourth-order valence-electron chi connectivity index (χ4n) is 2.75. The standard InChI is InChI=1S/C20H26N2O3/c1-6-22(7-2)20(23)18-10-8-9-11-19(18)21(3)15-12-16(24-4)14-17(13-15)25-5/h8-14H,6-7H2,1-5H3. The summed E-state index contributed by atoms with van der Waals surface area (Å²) in [5.41, 5.74) is 2.40. The maximum atomic E-state index is 12.9. The van der Waals surface area contributed by atoms with Crippen LogP contribution >= 0.6 is 0 Å². The molecule has 0 aliphatic rings. The monoisotopic (exact) mass is 342 g/mol. The maximum absolute atomic E-state index is 12.9. The van der Waals surface area contributed by atoms with Crippen molar-refractivity contribution >= 4 is 17.3 Å². The van der Waals surface area contributed by atoms with E-state index in [2.05, 4.69) is 0 Å². The summed E-state index contributed by atoms with van der Waals surface area (Å²) in [5, 5.41) is 0. The first-order valence-corrected chi connectivity index (χ1v) is 8.40. The molecule has 2 aromatic rings. The van der Waals surface area contributed by atoms with E-state index >= 15 is 0 Å². The van der Waals surface area contributed by atoms with Crippen LogP contribution < -0.4 is 14.4 Å². The zero-order chi connectivity index (χ0) is 18.4. The van der Waals surface area contributed by atoms with Crippen molar-refractivity contribution in [3.63, 3.8) is 0 Å². The molecule has 1 amide bonds. The molecule has 5 heteroatoms. The maximum Gasteiger partial charge on any atom is 0.255 e. The van der Waals surface area contributed by atoms with Gasteiger partial charge >= 0.3 is 0 Å². The molecule has 0 aliphatic heterocycles. The number of hydrogen-bond acceptors (Lipinski definition) is 4. The Bertz CT molecular complexity index is 704. The molecule has 2 aromatic carbocycles. The Morgan fingerprint density at radius 2 is 1.52 bits per heavy atom. The number of carbonyl (C=O) groups excluding carboxylic acids is 1. The Kier molecular flexibility index (Phi) is 6.28. The highest BCUT2D eigenvalue weighted by Crippen LogP contribution is 2.33. The zero-order valence-electron chi connectivity index (χ0n) is 15.6. The molecule has 0 fully saturated rings. The largest absolute Gasteiger partial charge is 0.497 e. The number of methoxy groups -OCH3 is 2. The van der Waals surface area contributed by atoms with E-state index in [-0.39, 0.29) is 5.91 Å². The van der Waals surface area contributed by atoms with Crippen LogP contribution in [0.25, 0.3) is 0 Å². The molecule has 0 aliphatic carbocycles. The molecule has 0 radical (unpaired) electrons. The van der Waals surface area contributed by atoms with E-state index in [0.29, 0.717) is 30.2 Å². The number of rotatable bonds is 7. The van der Waals surface area contributed by atoms with Crippen LogP contribution in [0.2, 0.25) is 0 Å². The van der Waals surface area contributed by atoms with Gasteiger partial charge in [-0.15, -0.1) is 0 Å². The van der Waals surface area contributed by atoms with Gasteiger partial charge in [-0.25, -0.2) is 0 Å². The van der Waals surface area contributed by atoms with Crippen molar-refractivity contribution in [1.82, 2.24) is 4.90 Å². The fourth-order valence-corrected chi connectivity index (χ4v) is 2.75. The van der Waals surface area contributed by atoms with Crippen molar-refractivity contribution in [3.05, 3.63) is 48.0 Å². The van der Waals surface area contributed by atoms with Crippen molar-refractivity contribution in [1.29, 1.82) is 0 Å². The van der Waals surface area contributed by atoms with Crippen LogP contribution in [0.3, 0.4) is 0 Å². The quantitative estimate of drug-likeness (QED) is 0.764. The molecule has 134 valence electrons. The predicted octanol–water partition coefficient (Wildman–Crippen LogP) is 3.95. The van der Waals surface area contributed by atoms with Crippen LogP contribution in [-0.2, 0) is 0 Å². The zero-order valence-corrected chi connectivity index (χ0v) is 15.6. The highest BCUT2D eigenvalue weighted by atomic mass is 16.5. The first-order chi connectivity index (χ1) is 12.0. The summed E-state index contributed by atoms with van der Waals surface area (Å²) in [5.74, 6) is 1.44. The third-order valence-corrected chi connectivity index (χ3v) is 4.27. The van der Waals surface area contributed by atoms with Gasteiger partial charge < -0.3 is 19.3 Å². The first kappa shape index (κ1) is 18.6. The molecule has 0 unspecified atom stereocenters. The Labute approximate surface area is 149 Å². The number of para-hydroxylation sites is 1. The summed E-state index contributed by atoms with van der Waals surface area (Å²) >= 11 is 0. The molecular formula is C20H26N2O3. The summed E-state index contributed by atoms with van der Waals surface area (Å²) in [4.78, 5) is 16.7. The lowest BCUT2D eigenvalue weighted by Gasteiger charge is -2.26. The van der Waals surface area contributed by atoms with Crippen molar-refractivity contribution in [2.75, 3.05) is 39.3 Å². The second-order valence-electron chi connectivity index (χ2n) is 5.62. The SMILES string of the molecule is CCN(CC)C(=O)c1ccccc1N(C)c1cc(OC)cc(OC)c1. The molecule has 0 bridgehead atoms. The molecular weight excluding hydrogens is 316 g/mol. The fraction of sp³-hybridized carbons (Fsp3) is 0.350. The van der Waals surface area contributed by atoms with Gasteiger partial charge in [0, 0.05) is 44.0 Å². The average Bonchev–Trinajstić information content (AvgIpc) is 2.67. The molecule has 25 heavy (non-hydrogen) atoms. The van der Waals surface area contributed by atoms with Gasteiger partial charge in [-0.2, -0.15) is 0 Å². The van der Waals surface area contributed by atoms with E-state index in [1.807, 2.05) is 73.2 Å². The van der Waals surface area contributed by atoms with Crippen molar-refractivity contribution in [2.24, 2.45) is 0 Å². The van der Waals surface area contributed by atoms with Crippen LogP contribution in [0, 0.1) is 0 Å². The third-order valence-electron chi connectivity index (χ3n) is 4.27. The lowest BCUT2D eigenvalue weighted by molar-refractivity contribution is 0.0773. The number of hydrogen-bond donors (Lipinski definition) is 0. The van der Waals surface area contributed by atoms with Gasteiger partial charge in [-0.1, -0.05) is 12.1 Å². The minimum Gasteiger partial charge on any atom is -0.497 e. The van der Waals surface area contributed by atoms with Crippen LogP contribution in [0.1, 0.15) is 24.2 Å². The minimum absolute atomic E-state index is 0.0299. The second-order valence-corrected chi connectivity index (χ2v) is 5.62. The van der Waals surface area contributed by atoms with Crippen molar-refractivity contribution in [2.45, 2.75) is 13.8 Å². The molecule has 0 N–H and O–H groups in total. The normalized spacial score (nSPS) is 10.3. The van der Waals surface area contributed by atoms with Gasteiger partial charge in [-0.05, 0) is 26.0 Å². The highest BCUT2D eigenvalue weighted by Gasteiger charge is 2.19. The lowest BCUT2D eigenvalue weighted by atomic mass is 10.1. The van der Waals surface area contributed by atoms with Crippen molar-refractivity contribution in [3.8, 4) is 11.5 Å². The minimum atomic E-state index is 0.0299. The summed E-state index contributed by atoms with van der Waals surface area (Å²) in [7, 11) is 5.18. The van der Waals surface area contributed by atoms with Crippen molar-refractivity contribution < 1.29 is 14.3 Å². The smallest absolute Gasteiger partial charge is 0.255 e. The second kappa shape index (κ2) is 8.42. The Morgan fingerprint density at radius 3 is 2.04 bits per heavy atom. The van der Waals surface area contributed by atoms with E-state index in [1.54, 1.807) is 14.2 Å². The van der Waals surface area contributed by atoms with Crippen LogP contribution in [0.4, 0.5) is 11.4 Å². The molecule has 0 atom stereocenters. The van der Waals surface area contributed by atoms with Gasteiger partial charge in [0.15, 0.2) is 0 Å². The van der Waals surface area contributed by atoms with Crippen LogP contribution in [0.15, 0.2) is 42.5 Å². The summed E-state index contributed by atoms with van der Waals surface area (Å²) < 4.78 is 10.7. The first-order valence-electron chi connectivity index (χ1n) is 8.40.